The van der Waals surface area contributed by atoms with Gasteiger partial charge in [-0.1, -0.05) is 29.3 Å². The first-order valence-corrected chi connectivity index (χ1v) is 12.1. The Kier molecular flexibility index (Phi) is 6.73. The highest BCUT2D eigenvalue weighted by molar-refractivity contribution is 6.31. The lowest BCUT2D eigenvalue weighted by Gasteiger charge is -2.13. The van der Waals surface area contributed by atoms with Crippen LogP contribution in [-0.4, -0.2) is 30.2 Å². The van der Waals surface area contributed by atoms with Gasteiger partial charge in [-0.05, 0) is 61.4 Å². The van der Waals surface area contributed by atoms with Gasteiger partial charge in [0.1, 0.15) is 19.5 Å². The number of carbonyl (C=O) groups excluding carboxylic acids is 1. The molecule has 2 N–H and O–H groups in total. The van der Waals surface area contributed by atoms with Gasteiger partial charge in [0.2, 0.25) is 5.91 Å². The first-order valence-electron chi connectivity index (χ1n) is 11.7. The van der Waals surface area contributed by atoms with E-state index in [4.69, 9.17) is 16.3 Å². The van der Waals surface area contributed by atoms with Gasteiger partial charge in [-0.15, -0.1) is 0 Å². The van der Waals surface area contributed by atoms with Crippen molar-refractivity contribution in [3.63, 3.8) is 0 Å². The number of carbonyl (C=O) groups is 1. The van der Waals surface area contributed by atoms with Crippen LogP contribution in [0.3, 0.4) is 0 Å². The van der Waals surface area contributed by atoms with Crippen LogP contribution in [0.25, 0.3) is 22.2 Å². The van der Waals surface area contributed by atoms with Crippen LogP contribution in [-0.2, 0) is 25.0 Å². The van der Waals surface area contributed by atoms with E-state index in [1.807, 2.05) is 19.1 Å². The molecule has 9 nitrogen and oxygen atoms in total. The third-order valence-electron chi connectivity index (χ3n) is 6.19. The van der Waals surface area contributed by atoms with Crippen LogP contribution in [0.15, 0.2) is 59.7 Å². The summed E-state index contributed by atoms with van der Waals surface area (Å²) < 4.78 is 23.6. The van der Waals surface area contributed by atoms with E-state index in [1.165, 1.54) is 21.5 Å². The van der Waals surface area contributed by atoms with Gasteiger partial charge in [0.05, 0.1) is 11.0 Å². The highest BCUT2D eigenvalue weighted by Crippen LogP contribution is 2.35. The highest BCUT2D eigenvalue weighted by Gasteiger charge is 2.20. The Morgan fingerprint density at radius 1 is 1.16 bits per heavy atom. The molecule has 0 spiro atoms. The molecule has 0 aliphatic heterocycles. The van der Waals surface area contributed by atoms with Crippen LogP contribution >= 0.6 is 11.6 Å². The lowest BCUT2D eigenvalue weighted by atomic mass is 10.0. The molecule has 0 unspecified atom stereocenters. The van der Waals surface area contributed by atoms with E-state index >= 15 is 4.39 Å². The largest absolute Gasteiger partial charge is 0.482 e. The summed E-state index contributed by atoms with van der Waals surface area (Å²) >= 11 is 6.45. The monoisotopic (exact) mass is 534 g/mol. The number of aromatic nitrogens is 5. The van der Waals surface area contributed by atoms with E-state index in [2.05, 4.69) is 20.5 Å². The highest BCUT2D eigenvalue weighted by atomic mass is 35.5. The molecule has 5 rings (SSSR count). The van der Waals surface area contributed by atoms with E-state index < -0.39 is 11.5 Å². The van der Waals surface area contributed by atoms with E-state index in [0.29, 0.717) is 44.3 Å². The van der Waals surface area contributed by atoms with Gasteiger partial charge in [0.25, 0.3) is 0 Å². The third kappa shape index (κ3) is 4.90. The molecule has 194 valence electrons. The zero-order valence-corrected chi connectivity index (χ0v) is 21.6. The van der Waals surface area contributed by atoms with Crippen molar-refractivity contribution < 1.29 is 13.9 Å². The summed E-state index contributed by atoms with van der Waals surface area (Å²) in [5.41, 5.74) is 3.89. The fraction of sp³-hybridized carbons (Fsp3) is 0.185. The minimum Gasteiger partial charge on any atom is -0.482 e. The van der Waals surface area contributed by atoms with Gasteiger partial charge in [-0.25, -0.2) is 14.2 Å². The van der Waals surface area contributed by atoms with Gasteiger partial charge in [-0.3, -0.25) is 19.0 Å². The third-order valence-corrected chi connectivity index (χ3v) is 6.41. The molecule has 11 heteroatoms. The molecular weight excluding hydrogens is 511 g/mol. The maximum absolute atomic E-state index is 15.2. The minimum absolute atomic E-state index is 0.0283. The van der Waals surface area contributed by atoms with Crippen molar-refractivity contribution in [2.24, 2.45) is 7.05 Å². The van der Waals surface area contributed by atoms with Gasteiger partial charge >= 0.3 is 5.69 Å². The van der Waals surface area contributed by atoms with Gasteiger partial charge < -0.3 is 10.1 Å². The first kappa shape index (κ1) is 25.2. The molecule has 5 aromatic rings. The fourth-order valence-electron chi connectivity index (χ4n) is 4.39. The molecule has 0 radical (unpaired) electrons. The summed E-state index contributed by atoms with van der Waals surface area (Å²) in [6, 6.07) is 13.8. The second kappa shape index (κ2) is 10.1. The molecule has 0 saturated carbocycles. The molecule has 0 saturated heterocycles. The molecule has 0 aliphatic carbocycles. The number of fused-ring (bicyclic) bond motifs is 1. The molecular formula is C27H24ClFN6O3. The summed E-state index contributed by atoms with van der Waals surface area (Å²) in [7, 11) is 1.61. The van der Waals surface area contributed by atoms with E-state index in [-0.39, 0.29) is 24.8 Å². The molecule has 0 fully saturated rings. The maximum atomic E-state index is 15.2. The zero-order valence-electron chi connectivity index (χ0n) is 20.9. The fourth-order valence-corrected chi connectivity index (χ4v) is 4.60. The summed E-state index contributed by atoms with van der Waals surface area (Å²) in [5, 5.41) is 9.57. The van der Waals surface area contributed by atoms with Crippen LogP contribution < -0.4 is 15.7 Å². The first-order chi connectivity index (χ1) is 18.2. The number of ether oxygens (including phenoxy) is 1. The molecule has 0 bridgehead atoms. The zero-order chi connectivity index (χ0) is 27.0. The quantitative estimate of drug-likeness (QED) is 0.313. The Bertz CT molecular complexity index is 1680. The molecule has 1 amide bonds. The predicted octanol–water partition coefficient (Wildman–Crippen LogP) is 4.75. The van der Waals surface area contributed by atoms with E-state index in [0.717, 1.165) is 5.56 Å². The SMILES string of the molecule is Cc1ccc(NC(=O)Cn2c(=O)n(C)c3c(-c4cc(C)c(OCc5ncn[nH]5)c(F)c4)cc(Cl)cc32)cc1. The summed E-state index contributed by atoms with van der Waals surface area (Å²) in [6.45, 7) is 3.49. The molecule has 2 aromatic heterocycles. The predicted molar refractivity (Wildman–Crippen MR) is 143 cm³/mol. The Balaban J connectivity index is 1.51. The molecule has 0 aliphatic rings. The Morgan fingerprint density at radius 2 is 1.92 bits per heavy atom. The van der Waals surface area contributed by atoms with Gasteiger partial charge in [-0.2, -0.15) is 5.10 Å². The minimum atomic E-state index is -0.574. The second-order valence-corrected chi connectivity index (χ2v) is 9.42. The van der Waals surface area contributed by atoms with Crippen LogP contribution in [0.4, 0.5) is 10.1 Å². The van der Waals surface area contributed by atoms with Gasteiger partial charge in [0, 0.05) is 23.3 Å². The molecule has 2 heterocycles. The number of rotatable bonds is 7. The number of amides is 1. The number of aromatic amines is 1. The molecule has 38 heavy (non-hydrogen) atoms. The molecule has 0 atom stereocenters. The Labute approximate surface area is 221 Å². The molecule has 3 aromatic carbocycles. The number of halogens is 2. The maximum Gasteiger partial charge on any atom is 0.329 e. The van der Waals surface area contributed by atoms with Crippen molar-refractivity contribution in [3.8, 4) is 16.9 Å². The lowest BCUT2D eigenvalue weighted by molar-refractivity contribution is -0.116. The van der Waals surface area contributed by atoms with Crippen LogP contribution in [0.2, 0.25) is 5.02 Å². The topological polar surface area (TPSA) is 107 Å². The van der Waals surface area contributed by atoms with Crippen LogP contribution in [0, 0.1) is 19.7 Å². The number of nitrogens with zero attached hydrogens (tertiary/aromatic N) is 4. The van der Waals surface area contributed by atoms with Crippen molar-refractivity contribution in [1.82, 2.24) is 24.3 Å². The summed E-state index contributed by atoms with van der Waals surface area (Å²) in [6.07, 6.45) is 1.35. The number of benzene rings is 3. The number of imidazole rings is 1. The average molecular weight is 535 g/mol. The van der Waals surface area contributed by atoms with E-state index in [1.54, 1.807) is 44.3 Å². The van der Waals surface area contributed by atoms with Crippen molar-refractivity contribution in [3.05, 3.63) is 93.1 Å². The van der Waals surface area contributed by atoms with Crippen molar-refractivity contribution in [2.45, 2.75) is 27.0 Å². The summed E-state index contributed by atoms with van der Waals surface area (Å²) in [5.74, 6) is -0.385. The van der Waals surface area contributed by atoms with Crippen LogP contribution in [0.1, 0.15) is 17.0 Å². The van der Waals surface area contributed by atoms with E-state index in [9.17, 15) is 9.59 Å². The lowest BCUT2D eigenvalue weighted by Crippen LogP contribution is -2.28. The van der Waals surface area contributed by atoms with Crippen LogP contribution in [0.5, 0.6) is 5.75 Å². The Morgan fingerprint density at radius 3 is 2.61 bits per heavy atom. The average Bonchev–Trinajstić information content (AvgIpc) is 3.47. The van der Waals surface area contributed by atoms with Crippen molar-refractivity contribution in [1.29, 1.82) is 0 Å². The number of H-pyrrole nitrogens is 1. The number of hydrogen-bond donors (Lipinski definition) is 2. The smallest absolute Gasteiger partial charge is 0.329 e. The normalized spacial score (nSPS) is 11.2. The second-order valence-electron chi connectivity index (χ2n) is 8.99. The number of hydrogen-bond acceptors (Lipinski definition) is 5. The van der Waals surface area contributed by atoms with Crippen molar-refractivity contribution in [2.75, 3.05) is 5.32 Å². The van der Waals surface area contributed by atoms with Crippen molar-refractivity contribution >= 4 is 34.2 Å². The standard InChI is InChI=1S/C27H24ClFN6O3/c1-15-4-6-19(7-5-15)32-24(36)12-35-22-11-18(28)10-20(25(22)34(3)27(35)37)17-8-16(2)26(21(29)9-17)38-13-23-30-14-31-33-23/h4-11,14H,12-13H2,1-3H3,(H,32,36)(H,30,31,33). The Hall–Kier alpha value is -4.44. The number of anilines is 1. The van der Waals surface area contributed by atoms with Gasteiger partial charge in [0.15, 0.2) is 17.4 Å². The number of aryl methyl sites for hydroxylation is 3. The summed E-state index contributed by atoms with van der Waals surface area (Å²) in [4.78, 5) is 30.0. The number of nitrogens with one attached hydrogen (secondary N) is 2.